The van der Waals surface area contributed by atoms with Crippen molar-refractivity contribution in [1.29, 1.82) is 0 Å². The fourth-order valence-corrected chi connectivity index (χ4v) is 1.36. The lowest BCUT2D eigenvalue weighted by atomic mass is 10.2. The highest BCUT2D eigenvalue weighted by molar-refractivity contribution is 8.09. The molecule has 0 aliphatic carbocycles. The average Bonchev–Trinajstić information content (AvgIpc) is 2.06. The van der Waals surface area contributed by atoms with E-state index in [-0.39, 0.29) is 27.9 Å². The molecule has 0 fully saturated rings. The minimum absolute atomic E-state index is 0. The molecule has 1 aromatic carbocycles. The molecule has 0 saturated carbocycles. The molecule has 3 heteroatoms. The van der Waals surface area contributed by atoms with Crippen LogP contribution in [0.15, 0.2) is 30.3 Å². The van der Waals surface area contributed by atoms with Gasteiger partial charge in [-0.25, -0.2) is 4.79 Å². The Labute approximate surface area is 92.7 Å². The van der Waals surface area contributed by atoms with E-state index in [4.69, 9.17) is 0 Å². The van der Waals surface area contributed by atoms with E-state index < -0.39 is 0 Å². The maximum atomic E-state index is 11.3. The lowest BCUT2D eigenvalue weighted by Crippen LogP contribution is -3.00. The molecular formula is C10H13BrOS. The van der Waals surface area contributed by atoms with Gasteiger partial charge in [0.15, 0.2) is 0 Å². The average molecular weight is 261 g/mol. The van der Waals surface area contributed by atoms with E-state index in [1.807, 2.05) is 42.8 Å². The van der Waals surface area contributed by atoms with Gasteiger partial charge in [-0.05, 0) is 5.56 Å². The first-order chi connectivity index (χ1) is 5.70. The summed E-state index contributed by atoms with van der Waals surface area (Å²) in [7, 11) is -0.0997. The van der Waals surface area contributed by atoms with Gasteiger partial charge in [-0.1, -0.05) is 30.3 Å². The fraction of sp³-hybridized carbons (Fsp3) is 0.300. The summed E-state index contributed by atoms with van der Waals surface area (Å²) in [5.41, 5.74) is 1.11. The van der Waals surface area contributed by atoms with Crippen LogP contribution in [0.1, 0.15) is 5.56 Å². The smallest absolute Gasteiger partial charge is 0.334 e. The van der Waals surface area contributed by atoms with Gasteiger partial charge in [0.1, 0.15) is 12.5 Å². The van der Waals surface area contributed by atoms with E-state index in [9.17, 15) is 4.79 Å². The zero-order valence-electron chi connectivity index (χ0n) is 7.79. The van der Waals surface area contributed by atoms with Crippen LogP contribution in [0.5, 0.6) is 0 Å². The van der Waals surface area contributed by atoms with Gasteiger partial charge in [-0.15, -0.1) is 0 Å². The Morgan fingerprint density at radius 2 is 1.77 bits per heavy atom. The Morgan fingerprint density at radius 1 is 1.23 bits per heavy atom. The van der Waals surface area contributed by atoms with Gasteiger partial charge < -0.3 is 17.0 Å². The molecular weight excluding hydrogens is 248 g/mol. The van der Waals surface area contributed by atoms with Crippen molar-refractivity contribution in [3.05, 3.63) is 35.9 Å². The van der Waals surface area contributed by atoms with Gasteiger partial charge >= 0.3 is 5.12 Å². The van der Waals surface area contributed by atoms with E-state index >= 15 is 0 Å². The molecule has 0 bridgehead atoms. The minimum Gasteiger partial charge on any atom is -1.00 e. The van der Waals surface area contributed by atoms with E-state index in [1.54, 1.807) is 0 Å². The zero-order valence-corrected chi connectivity index (χ0v) is 10.2. The van der Waals surface area contributed by atoms with E-state index in [0.29, 0.717) is 11.5 Å². The molecule has 0 saturated heterocycles. The third-order valence-electron chi connectivity index (χ3n) is 1.65. The van der Waals surface area contributed by atoms with Crippen LogP contribution >= 0.6 is 0 Å². The molecule has 1 aromatic rings. The summed E-state index contributed by atoms with van der Waals surface area (Å²) in [4.78, 5) is 11.3. The van der Waals surface area contributed by atoms with Crippen LogP contribution in [0, 0.1) is 0 Å². The Hall–Kier alpha value is -0.280. The number of benzene rings is 1. The van der Waals surface area contributed by atoms with Crippen molar-refractivity contribution in [2.75, 3.05) is 12.5 Å². The van der Waals surface area contributed by atoms with Crippen LogP contribution < -0.4 is 17.0 Å². The van der Waals surface area contributed by atoms with Crippen LogP contribution in [-0.4, -0.2) is 17.6 Å². The number of carbonyl (C=O) groups excluding carboxylic acids is 1. The van der Waals surface area contributed by atoms with Gasteiger partial charge in [0.05, 0.1) is 17.3 Å². The van der Waals surface area contributed by atoms with Crippen molar-refractivity contribution >= 4 is 16.0 Å². The summed E-state index contributed by atoms with van der Waals surface area (Å²) in [6.45, 7) is 0. The summed E-state index contributed by atoms with van der Waals surface area (Å²) >= 11 is 0. The first-order valence-corrected chi connectivity index (χ1v) is 5.88. The summed E-state index contributed by atoms with van der Waals surface area (Å²) < 4.78 is 0. The third-order valence-corrected chi connectivity index (χ3v) is 2.70. The highest BCUT2D eigenvalue weighted by atomic mass is 79.9. The van der Waals surface area contributed by atoms with Gasteiger partial charge in [-0.2, -0.15) is 0 Å². The fourth-order valence-electron chi connectivity index (χ4n) is 0.907. The molecule has 0 unspecified atom stereocenters. The van der Waals surface area contributed by atoms with Crippen molar-refractivity contribution in [2.45, 2.75) is 6.42 Å². The molecule has 0 radical (unpaired) electrons. The topological polar surface area (TPSA) is 17.1 Å². The Morgan fingerprint density at radius 3 is 2.23 bits per heavy atom. The van der Waals surface area contributed by atoms with Crippen LogP contribution in [0.4, 0.5) is 0 Å². The second-order valence-corrected chi connectivity index (χ2v) is 4.94. The Bertz CT molecular complexity index is 259. The van der Waals surface area contributed by atoms with E-state index in [1.165, 1.54) is 0 Å². The number of carbonyl (C=O) groups is 1. The molecule has 0 spiro atoms. The van der Waals surface area contributed by atoms with Crippen LogP contribution in [0.25, 0.3) is 0 Å². The summed E-state index contributed by atoms with van der Waals surface area (Å²) in [6, 6.07) is 9.87. The van der Waals surface area contributed by atoms with E-state index in [0.717, 1.165) is 5.56 Å². The maximum Gasteiger partial charge on any atom is 0.334 e. The van der Waals surface area contributed by atoms with Crippen LogP contribution in [0.2, 0.25) is 0 Å². The molecule has 0 aromatic heterocycles. The molecule has 1 nitrogen and oxygen atoms in total. The Kier molecular flexibility index (Phi) is 6.08. The molecule has 72 valence electrons. The first kappa shape index (κ1) is 12.7. The lowest BCUT2D eigenvalue weighted by Gasteiger charge is -1.96. The molecule has 0 atom stereocenters. The number of halogens is 1. The molecule has 0 amide bonds. The second-order valence-electron chi connectivity index (χ2n) is 2.85. The van der Waals surface area contributed by atoms with Crippen molar-refractivity contribution in [2.24, 2.45) is 0 Å². The molecule has 0 N–H and O–H groups in total. The highest BCUT2D eigenvalue weighted by Gasteiger charge is 2.16. The molecule has 0 aliphatic rings. The monoisotopic (exact) mass is 260 g/mol. The summed E-state index contributed by atoms with van der Waals surface area (Å²) in [5, 5.41) is 0.334. The Balaban J connectivity index is 0.00000144. The molecule has 13 heavy (non-hydrogen) atoms. The summed E-state index contributed by atoms with van der Waals surface area (Å²) in [5.74, 6) is 0. The van der Waals surface area contributed by atoms with Crippen molar-refractivity contribution in [3.63, 3.8) is 0 Å². The van der Waals surface area contributed by atoms with Crippen LogP contribution in [0.3, 0.4) is 0 Å². The van der Waals surface area contributed by atoms with E-state index in [2.05, 4.69) is 0 Å². The first-order valence-electron chi connectivity index (χ1n) is 3.84. The minimum atomic E-state index is -0.0997. The lowest BCUT2D eigenvalue weighted by molar-refractivity contribution is -0.110. The van der Waals surface area contributed by atoms with Crippen molar-refractivity contribution in [3.8, 4) is 0 Å². The van der Waals surface area contributed by atoms with Gasteiger partial charge in [0, 0.05) is 0 Å². The predicted molar refractivity (Wildman–Crippen MR) is 54.4 cm³/mol. The maximum absolute atomic E-state index is 11.3. The SMILES string of the molecule is C[S+](C)C(=O)Cc1ccccc1.[Br-]. The molecule has 0 heterocycles. The van der Waals surface area contributed by atoms with Gasteiger partial charge in [0.25, 0.3) is 0 Å². The van der Waals surface area contributed by atoms with Crippen molar-refractivity contribution < 1.29 is 21.8 Å². The standard InChI is InChI=1S/C10H13OS.BrH/c1-12(2)10(11)8-9-6-4-3-5-7-9;/h3-7H,8H2,1-2H3;1H/q+1;/p-1. The third kappa shape index (κ3) is 4.48. The highest BCUT2D eigenvalue weighted by Crippen LogP contribution is 2.02. The molecule has 0 aliphatic heterocycles. The predicted octanol–water partition coefficient (Wildman–Crippen LogP) is -1.36. The quantitative estimate of drug-likeness (QED) is 0.601. The van der Waals surface area contributed by atoms with Crippen LogP contribution in [-0.2, 0) is 22.1 Å². The van der Waals surface area contributed by atoms with Gasteiger partial charge in [-0.3, -0.25) is 0 Å². The largest absolute Gasteiger partial charge is 1.00 e. The number of hydrogen-bond donors (Lipinski definition) is 0. The second kappa shape index (κ2) is 6.22. The number of hydrogen-bond acceptors (Lipinski definition) is 1. The van der Waals surface area contributed by atoms with Gasteiger partial charge in [0.2, 0.25) is 0 Å². The summed E-state index contributed by atoms with van der Waals surface area (Å²) in [6.07, 6.45) is 4.51. The molecule has 1 rings (SSSR count). The van der Waals surface area contributed by atoms with Crippen molar-refractivity contribution in [1.82, 2.24) is 0 Å². The number of rotatable bonds is 2. The normalized spacial score (nSPS) is 9.46. The zero-order chi connectivity index (χ0) is 8.97.